The lowest BCUT2D eigenvalue weighted by atomic mass is 9.70. The molecule has 70 valence electrons. The minimum absolute atomic E-state index is 0.144. The van der Waals surface area contributed by atoms with Crippen LogP contribution in [0.3, 0.4) is 0 Å². The van der Waals surface area contributed by atoms with Gasteiger partial charge in [0.05, 0.1) is 18.3 Å². The van der Waals surface area contributed by atoms with E-state index in [4.69, 9.17) is 9.84 Å². The van der Waals surface area contributed by atoms with Gasteiger partial charge in [-0.25, -0.2) is 0 Å². The summed E-state index contributed by atoms with van der Waals surface area (Å²) in [7, 11) is 0. The number of ether oxygens (including phenoxy) is 1. The molecular formula is C10H18O2. The van der Waals surface area contributed by atoms with Crippen LogP contribution >= 0.6 is 0 Å². The maximum atomic E-state index is 8.86. The van der Waals surface area contributed by atoms with Crippen molar-refractivity contribution < 1.29 is 9.84 Å². The molecular weight excluding hydrogens is 152 g/mol. The third kappa shape index (κ3) is 1.17. The summed E-state index contributed by atoms with van der Waals surface area (Å²) in [6.07, 6.45) is 6.41. The SMILES string of the molecule is CC1CCCCC12CC(CO)O2. The van der Waals surface area contributed by atoms with E-state index in [0.29, 0.717) is 5.92 Å². The molecule has 1 saturated carbocycles. The Hall–Kier alpha value is -0.0800. The van der Waals surface area contributed by atoms with E-state index in [2.05, 4.69) is 6.92 Å². The van der Waals surface area contributed by atoms with E-state index in [0.717, 1.165) is 6.42 Å². The van der Waals surface area contributed by atoms with Crippen molar-refractivity contribution >= 4 is 0 Å². The molecule has 0 aromatic heterocycles. The van der Waals surface area contributed by atoms with Crippen molar-refractivity contribution in [2.75, 3.05) is 6.61 Å². The molecule has 0 radical (unpaired) electrons. The van der Waals surface area contributed by atoms with Crippen LogP contribution in [0.5, 0.6) is 0 Å². The first kappa shape index (κ1) is 8.52. The summed E-state index contributed by atoms with van der Waals surface area (Å²) in [5, 5.41) is 8.86. The minimum atomic E-state index is 0.144. The van der Waals surface area contributed by atoms with Crippen molar-refractivity contribution in [1.29, 1.82) is 0 Å². The molecule has 0 aromatic carbocycles. The van der Waals surface area contributed by atoms with Gasteiger partial charge in [0.25, 0.3) is 0 Å². The number of rotatable bonds is 1. The molecule has 2 fully saturated rings. The van der Waals surface area contributed by atoms with E-state index >= 15 is 0 Å². The van der Waals surface area contributed by atoms with Crippen LogP contribution in [0.2, 0.25) is 0 Å². The molecule has 2 heteroatoms. The molecule has 0 aromatic rings. The number of aliphatic hydroxyl groups excluding tert-OH is 1. The van der Waals surface area contributed by atoms with Crippen LogP contribution in [0, 0.1) is 5.92 Å². The first-order valence-corrected chi connectivity index (χ1v) is 5.05. The Balaban J connectivity index is 1.94. The van der Waals surface area contributed by atoms with Crippen LogP contribution < -0.4 is 0 Å². The van der Waals surface area contributed by atoms with Gasteiger partial charge in [0.1, 0.15) is 0 Å². The quantitative estimate of drug-likeness (QED) is 0.649. The first-order valence-electron chi connectivity index (χ1n) is 5.05. The van der Waals surface area contributed by atoms with Crippen molar-refractivity contribution in [1.82, 2.24) is 0 Å². The van der Waals surface area contributed by atoms with Gasteiger partial charge in [0.15, 0.2) is 0 Å². The highest BCUT2D eigenvalue weighted by Gasteiger charge is 2.49. The molecule has 1 saturated heterocycles. The Bertz CT molecular complexity index is 161. The van der Waals surface area contributed by atoms with E-state index in [1.54, 1.807) is 0 Å². The molecule has 3 atom stereocenters. The maximum Gasteiger partial charge on any atom is 0.0841 e. The van der Waals surface area contributed by atoms with Gasteiger partial charge in [-0.2, -0.15) is 0 Å². The molecule has 2 nitrogen and oxygen atoms in total. The highest BCUT2D eigenvalue weighted by molar-refractivity contribution is 4.98. The van der Waals surface area contributed by atoms with Crippen molar-refractivity contribution in [2.24, 2.45) is 5.92 Å². The summed E-state index contributed by atoms with van der Waals surface area (Å²) in [6.45, 7) is 2.49. The molecule has 1 aliphatic heterocycles. The molecule has 1 heterocycles. The lowest BCUT2D eigenvalue weighted by molar-refractivity contribution is -0.251. The molecule has 0 amide bonds. The Labute approximate surface area is 73.9 Å². The highest BCUT2D eigenvalue weighted by atomic mass is 16.5. The van der Waals surface area contributed by atoms with Crippen LogP contribution in [0.1, 0.15) is 39.0 Å². The van der Waals surface area contributed by atoms with Crippen LogP contribution in [0.15, 0.2) is 0 Å². The zero-order chi connectivity index (χ0) is 8.60. The van der Waals surface area contributed by atoms with E-state index in [1.165, 1.54) is 25.7 Å². The summed E-state index contributed by atoms with van der Waals surface area (Å²) in [6, 6.07) is 0. The van der Waals surface area contributed by atoms with Crippen molar-refractivity contribution in [3.8, 4) is 0 Å². The smallest absolute Gasteiger partial charge is 0.0841 e. The third-order valence-corrected chi connectivity index (χ3v) is 3.56. The second-order valence-corrected chi connectivity index (χ2v) is 4.34. The molecule has 1 aliphatic carbocycles. The normalized spacial score (nSPS) is 47.5. The summed E-state index contributed by atoms with van der Waals surface area (Å²) in [4.78, 5) is 0. The fraction of sp³-hybridized carbons (Fsp3) is 1.00. The van der Waals surface area contributed by atoms with Crippen LogP contribution in [-0.2, 0) is 4.74 Å². The topological polar surface area (TPSA) is 29.5 Å². The van der Waals surface area contributed by atoms with Gasteiger partial charge >= 0.3 is 0 Å². The number of aliphatic hydroxyl groups is 1. The lowest BCUT2D eigenvalue weighted by Crippen LogP contribution is -2.57. The highest BCUT2D eigenvalue weighted by Crippen LogP contribution is 2.47. The number of hydrogen-bond donors (Lipinski definition) is 1. The van der Waals surface area contributed by atoms with Gasteiger partial charge in [-0.1, -0.05) is 19.8 Å². The van der Waals surface area contributed by atoms with E-state index in [-0.39, 0.29) is 18.3 Å². The fourth-order valence-electron chi connectivity index (χ4n) is 2.67. The second kappa shape index (κ2) is 3.00. The van der Waals surface area contributed by atoms with Crippen molar-refractivity contribution in [2.45, 2.75) is 50.7 Å². The van der Waals surface area contributed by atoms with Crippen LogP contribution in [-0.4, -0.2) is 23.4 Å². The van der Waals surface area contributed by atoms with Crippen LogP contribution in [0.4, 0.5) is 0 Å². The second-order valence-electron chi connectivity index (χ2n) is 4.34. The predicted molar refractivity (Wildman–Crippen MR) is 46.9 cm³/mol. The summed E-state index contributed by atoms with van der Waals surface area (Å²) in [5.41, 5.74) is 0.172. The third-order valence-electron chi connectivity index (χ3n) is 3.56. The average molecular weight is 170 g/mol. The van der Waals surface area contributed by atoms with Crippen LogP contribution in [0.25, 0.3) is 0 Å². The van der Waals surface area contributed by atoms with Crippen molar-refractivity contribution in [3.63, 3.8) is 0 Å². The Morgan fingerprint density at radius 3 is 2.83 bits per heavy atom. The molecule has 1 N–H and O–H groups in total. The Morgan fingerprint density at radius 1 is 1.50 bits per heavy atom. The largest absolute Gasteiger partial charge is 0.394 e. The van der Waals surface area contributed by atoms with Gasteiger partial charge in [-0.15, -0.1) is 0 Å². The lowest BCUT2D eigenvalue weighted by Gasteiger charge is -2.53. The Kier molecular flexibility index (Phi) is 2.13. The molecule has 0 bridgehead atoms. The number of hydrogen-bond acceptors (Lipinski definition) is 2. The Morgan fingerprint density at radius 2 is 2.25 bits per heavy atom. The monoisotopic (exact) mass is 170 g/mol. The maximum absolute atomic E-state index is 8.86. The zero-order valence-electron chi connectivity index (χ0n) is 7.75. The van der Waals surface area contributed by atoms with E-state index in [9.17, 15) is 0 Å². The minimum Gasteiger partial charge on any atom is -0.394 e. The summed E-state index contributed by atoms with van der Waals surface area (Å²) >= 11 is 0. The molecule has 3 unspecified atom stereocenters. The summed E-state index contributed by atoms with van der Waals surface area (Å²) in [5.74, 6) is 0.703. The van der Waals surface area contributed by atoms with Gasteiger partial charge in [-0.05, 0) is 18.8 Å². The predicted octanol–water partition coefficient (Wildman–Crippen LogP) is 1.72. The van der Waals surface area contributed by atoms with Crippen molar-refractivity contribution in [3.05, 3.63) is 0 Å². The fourth-order valence-corrected chi connectivity index (χ4v) is 2.67. The first-order chi connectivity index (χ1) is 5.77. The van der Waals surface area contributed by atoms with Gasteiger partial charge in [0.2, 0.25) is 0 Å². The average Bonchev–Trinajstić information content (AvgIpc) is 2.02. The van der Waals surface area contributed by atoms with Gasteiger partial charge in [-0.3, -0.25) is 0 Å². The molecule has 2 rings (SSSR count). The van der Waals surface area contributed by atoms with Gasteiger partial charge in [0, 0.05) is 6.42 Å². The molecule has 1 spiro atoms. The van der Waals surface area contributed by atoms with E-state index < -0.39 is 0 Å². The molecule has 2 aliphatic rings. The summed E-state index contributed by atoms with van der Waals surface area (Å²) < 4.78 is 5.78. The standard InChI is InChI=1S/C10H18O2/c1-8-4-2-3-5-10(8)6-9(7-11)12-10/h8-9,11H,2-7H2,1H3. The zero-order valence-corrected chi connectivity index (χ0v) is 7.75. The van der Waals surface area contributed by atoms with Gasteiger partial charge < -0.3 is 9.84 Å². The van der Waals surface area contributed by atoms with E-state index in [1.807, 2.05) is 0 Å². The molecule has 12 heavy (non-hydrogen) atoms.